The van der Waals surface area contributed by atoms with E-state index in [2.05, 4.69) is 206 Å². The van der Waals surface area contributed by atoms with Crippen molar-refractivity contribution in [1.29, 1.82) is 0 Å². The van der Waals surface area contributed by atoms with E-state index < -0.39 is 0 Å². The average molecular weight is 765 g/mol. The molecule has 0 atom stereocenters. The highest BCUT2D eigenvalue weighted by atomic mass is 32.2. The summed E-state index contributed by atoms with van der Waals surface area (Å²) >= 11 is 3.52. The van der Waals surface area contributed by atoms with Crippen molar-refractivity contribution in [2.75, 3.05) is 38.0 Å². The van der Waals surface area contributed by atoms with E-state index in [0.29, 0.717) is 0 Å². The number of hydrogen-bond acceptors (Lipinski definition) is 6. The minimum Gasteiger partial charge on any atom is -0.378 e. The molecule has 56 heavy (non-hydrogen) atoms. The van der Waals surface area contributed by atoms with E-state index in [-0.39, 0.29) is 0 Å². The number of aromatic amines is 2. The molecule has 0 saturated heterocycles. The molecule has 8 bridgehead atoms. The molecule has 0 amide bonds. The minimum atomic E-state index is 0.880. The summed E-state index contributed by atoms with van der Waals surface area (Å²) in [5.74, 6) is 0. The Bertz CT molecular complexity index is 2710. The first-order valence-electron chi connectivity index (χ1n) is 18.5. The third-order valence-corrected chi connectivity index (χ3v) is 11.8. The van der Waals surface area contributed by atoms with Crippen molar-refractivity contribution in [2.45, 2.75) is 19.6 Å². The number of nitrogens with zero attached hydrogens (tertiary/aromatic N) is 4. The molecule has 4 aromatic carbocycles. The lowest BCUT2D eigenvalue weighted by atomic mass is 10.0. The molecule has 2 aliphatic rings. The maximum absolute atomic E-state index is 5.17. The van der Waals surface area contributed by atoms with Crippen molar-refractivity contribution in [3.05, 3.63) is 156 Å². The zero-order chi connectivity index (χ0) is 38.2. The van der Waals surface area contributed by atoms with Crippen LogP contribution in [0.15, 0.2) is 153 Å². The number of rotatable bonds is 8. The Balaban J connectivity index is 1.14. The summed E-state index contributed by atoms with van der Waals surface area (Å²) in [4.78, 5) is 26.7. The molecule has 0 spiro atoms. The highest BCUT2D eigenvalue weighted by Gasteiger charge is 2.16. The molecular weight excluding hydrogens is 725 g/mol. The Kier molecular flexibility index (Phi) is 9.59. The minimum absolute atomic E-state index is 0.880. The van der Waals surface area contributed by atoms with Gasteiger partial charge in [0.25, 0.3) is 0 Å². The monoisotopic (exact) mass is 764 g/mol. The topological polar surface area (TPSA) is 63.8 Å². The highest BCUT2D eigenvalue weighted by molar-refractivity contribution is 7.99. The standard InChI is InChI=1S/C48H40N6S2/c1-53(2)37-15-19-39(20-16-37)55-41-9-5-7-31(27-41)47-43-23-11-33(49-43)29-35-13-25-45(51-35)48(46-26-14-36(52-46)30-34-12-24-44(47)50-34)32-8-6-10-42(28-32)56-40-21-17-38(18-22-40)54(3)4/h5-30,49-50H,1-4H3. The second-order valence-electron chi connectivity index (χ2n) is 14.2. The van der Waals surface area contributed by atoms with Crippen LogP contribution in [0.5, 0.6) is 0 Å². The lowest BCUT2D eigenvalue weighted by Gasteiger charge is -2.12. The first kappa shape index (κ1) is 35.5. The first-order chi connectivity index (χ1) is 27.3. The number of hydrogen-bond donors (Lipinski definition) is 2. The normalized spacial score (nSPS) is 11.9. The number of anilines is 2. The van der Waals surface area contributed by atoms with Crippen LogP contribution < -0.4 is 9.80 Å². The first-order valence-corrected chi connectivity index (χ1v) is 20.2. The third kappa shape index (κ3) is 7.54. The molecule has 7 aromatic rings. The van der Waals surface area contributed by atoms with Gasteiger partial charge >= 0.3 is 0 Å². The van der Waals surface area contributed by atoms with Gasteiger partial charge in [0.15, 0.2) is 0 Å². The van der Waals surface area contributed by atoms with Gasteiger partial charge in [-0.2, -0.15) is 0 Å². The predicted octanol–water partition coefficient (Wildman–Crippen LogP) is 12.4. The van der Waals surface area contributed by atoms with Crippen molar-refractivity contribution in [3.8, 4) is 22.3 Å². The van der Waals surface area contributed by atoms with Gasteiger partial charge in [-0.05, 0) is 145 Å². The molecule has 6 nitrogen and oxygen atoms in total. The van der Waals surface area contributed by atoms with Crippen molar-refractivity contribution in [3.63, 3.8) is 0 Å². The molecule has 274 valence electrons. The summed E-state index contributed by atoms with van der Waals surface area (Å²) in [5, 5.41) is 0. The fourth-order valence-corrected chi connectivity index (χ4v) is 8.76. The van der Waals surface area contributed by atoms with Gasteiger partial charge in [0.2, 0.25) is 0 Å². The van der Waals surface area contributed by atoms with E-state index >= 15 is 0 Å². The highest BCUT2D eigenvalue weighted by Crippen LogP contribution is 2.37. The van der Waals surface area contributed by atoms with Crippen molar-refractivity contribution in [1.82, 2.24) is 19.9 Å². The second kappa shape index (κ2) is 15.1. The lowest BCUT2D eigenvalue weighted by molar-refractivity contribution is 1.13. The van der Waals surface area contributed by atoms with E-state index in [1.807, 2.05) is 0 Å². The van der Waals surface area contributed by atoms with Gasteiger partial charge in [-0.3, -0.25) is 0 Å². The van der Waals surface area contributed by atoms with E-state index in [9.17, 15) is 0 Å². The van der Waals surface area contributed by atoms with E-state index in [0.717, 1.165) is 72.0 Å². The SMILES string of the molecule is CN(C)c1ccc(Sc2cccc(-c3c4nc(cc5ccc([nH]5)c(-c5cccc(Sc6ccc(N(C)C)cc6)c5)c5ccc(cc6nc3C=C6)[nH]5)C=C4)c2)cc1. The summed E-state index contributed by atoms with van der Waals surface area (Å²) in [6.45, 7) is 0. The van der Waals surface area contributed by atoms with Crippen LogP contribution in [0.3, 0.4) is 0 Å². The smallest absolute Gasteiger partial charge is 0.0737 e. The van der Waals surface area contributed by atoms with Gasteiger partial charge in [0.05, 0.1) is 22.8 Å². The van der Waals surface area contributed by atoms with Gasteiger partial charge in [-0.15, -0.1) is 0 Å². The number of aromatic nitrogens is 4. The van der Waals surface area contributed by atoms with Crippen LogP contribution in [-0.4, -0.2) is 48.1 Å². The fourth-order valence-electron chi connectivity index (χ4n) is 7.01. The largest absolute Gasteiger partial charge is 0.378 e. The van der Waals surface area contributed by atoms with Crippen molar-refractivity contribution >= 4 is 81.3 Å². The Morgan fingerprint density at radius 3 is 1.32 bits per heavy atom. The molecule has 8 heteroatoms. The van der Waals surface area contributed by atoms with Gasteiger partial charge < -0.3 is 19.8 Å². The number of fused-ring (bicyclic) bond motifs is 8. The molecule has 0 radical (unpaired) electrons. The number of nitrogens with one attached hydrogen (secondary N) is 2. The zero-order valence-corrected chi connectivity index (χ0v) is 33.2. The van der Waals surface area contributed by atoms with Crippen LogP contribution in [0, 0.1) is 0 Å². The van der Waals surface area contributed by atoms with Gasteiger partial charge in [-0.25, -0.2) is 9.97 Å². The summed E-state index contributed by atoms with van der Waals surface area (Å²) in [7, 11) is 8.25. The maximum atomic E-state index is 5.17. The Morgan fingerprint density at radius 1 is 0.429 bits per heavy atom. The van der Waals surface area contributed by atoms with Gasteiger partial charge in [0, 0.05) is 92.3 Å². The zero-order valence-electron chi connectivity index (χ0n) is 31.6. The molecule has 3 aromatic heterocycles. The molecule has 0 fully saturated rings. The lowest BCUT2D eigenvalue weighted by Crippen LogP contribution is -2.07. The van der Waals surface area contributed by atoms with Crippen molar-refractivity contribution in [2.24, 2.45) is 0 Å². The van der Waals surface area contributed by atoms with Crippen LogP contribution in [0.2, 0.25) is 0 Å². The summed E-state index contributed by atoms with van der Waals surface area (Å²) in [5.41, 5.74) is 14.2. The molecule has 2 N–H and O–H groups in total. The molecule has 0 unspecified atom stereocenters. The Hall–Kier alpha value is -6.22. The fraction of sp³-hybridized carbons (Fsp3) is 0.0833. The van der Waals surface area contributed by atoms with Crippen molar-refractivity contribution < 1.29 is 0 Å². The molecule has 0 aliphatic carbocycles. The van der Waals surface area contributed by atoms with E-state index in [4.69, 9.17) is 9.97 Å². The molecule has 0 saturated carbocycles. The Morgan fingerprint density at radius 2 is 0.875 bits per heavy atom. The number of H-pyrrole nitrogens is 2. The van der Waals surface area contributed by atoms with Crippen LogP contribution >= 0.6 is 23.5 Å². The van der Waals surface area contributed by atoms with Gasteiger partial charge in [0.1, 0.15) is 0 Å². The maximum Gasteiger partial charge on any atom is 0.0737 e. The summed E-state index contributed by atoms with van der Waals surface area (Å²) in [6.07, 6.45) is 8.38. The van der Waals surface area contributed by atoms with Crippen LogP contribution in [0.25, 0.3) is 68.6 Å². The summed E-state index contributed by atoms with van der Waals surface area (Å²) < 4.78 is 0. The van der Waals surface area contributed by atoms with Crippen LogP contribution in [0.4, 0.5) is 11.4 Å². The molecule has 9 rings (SSSR count). The molecular formula is C48H40N6S2. The summed E-state index contributed by atoms with van der Waals surface area (Å²) in [6, 6.07) is 47.6. The predicted molar refractivity (Wildman–Crippen MR) is 240 cm³/mol. The van der Waals surface area contributed by atoms with E-state index in [1.165, 1.54) is 26.1 Å². The average Bonchev–Trinajstić information content (AvgIpc) is 4.03. The number of benzene rings is 4. The second-order valence-corrected chi connectivity index (χ2v) is 16.5. The Labute approximate surface area is 335 Å². The van der Waals surface area contributed by atoms with Crippen LogP contribution in [-0.2, 0) is 0 Å². The quantitative estimate of drug-likeness (QED) is 0.161. The van der Waals surface area contributed by atoms with Crippen LogP contribution in [0.1, 0.15) is 22.8 Å². The van der Waals surface area contributed by atoms with Gasteiger partial charge in [-0.1, -0.05) is 47.8 Å². The third-order valence-electron chi connectivity index (χ3n) is 9.82. The molecule has 5 heterocycles. The molecule has 2 aliphatic heterocycles. The van der Waals surface area contributed by atoms with E-state index in [1.54, 1.807) is 23.5 Å².